The third-order valence-corrected chi connectivity index (χ3v) is 11.0. The highest BCUT2D eigenvalue weighted by molar-refractivity contribution is 6.39. The lowest BCUT2D eigenvalue weighted by atomic mass is 9.92. The maximum atomic E-state index is 9.04. The molecule has 54 heavy (non-hydrogen) atoms. The number of aliphatic imine (C=N–C) groups is 1. The quantitative estimate of drug-likeness (QED) is 0.0936. The molecular formula is C51H37N3. The van der Waals surface area contributed by atoms with Crippen molar-refractivity contribution in [2.45, 2.75) is 19.8 Å². The largest absolute Gasteiger partial charge is 0.309 e. The summed E-state index contributed by atoms with van der Waals surface area (Å²) in [5.41, 5.74) is 11.5. The van der Waals surface area contributed by atoms with E-state index in [0.29, 0.717) is 0 Å². The van der Waals surface area contributed by atoms with E-state index >= 15 is 0 Å². The smallest absolute Gasteiger partial charge is 0.152 e. The first-order valence-electron chi connectivity index (χ1n) is 18.7. The predicted molar refractivity (Wildman–Crippen MR) is 231 cm³/mol. The number of aromatic nitrogens is 1. The molecule has 7 aromatic carbocycles. The van der Waals surface area contributed by atoms with Crippen molar-refractivity contribution in [3.8, 4) is 27.9 Å². The molecule has 0 spiro atoms. The van der Waals surface area contributed by atoms with Crippen LogP contribution in [0, 0.1) is 5.41 Å². The lowest BCUT2D eigenvalue weighted by molar-refractivity contribution is 1.04. The summed E-state index contributed by atoms with van der Waals surface area (Å²) in [5, 5.41) is 19.3. The molecule has 10 rings (SSSR count). The fraction of sp³-hybridized carbons (Fsp3) is 0.0588. The summed E-state index contributed by atoms with van der Waals surface area (Å²) in [6.07, 6.45) is 9.66. The molecule has 256 valence electrons. The number of hydrogen-bond acceptors (Lipinski definition) is 1. The van der Waals surface area contributed by atoms with Crippen LogP contribution in [0.3, 0.4) is 0 Å². The summed E-state index contributed by atoms with van der Waals surface area (Å²) >= 11 is 0. The second kappa shape index (κ2) is 13.0. The van der Waals surface area contributed by atoms with Crippen LogP contribution >= 0.6 is 0 Å². The van der Waals surface area contributed by atoms with Crippen molar-refractivity contribution in [3.05, 3.63) is 187 Å². The fourth-order valence-electron chi connectivity index (χ4n) is 8.66. The number of hydrogen-bond donors (Lipinski definition) is 1. The van der Waals surface area contributed by atoms with E-state index in [4.69, 9.17) is 10.4 Å². The Kier molecular flexibility index (Phi) is 7.66. The maximum Gasteiger partial charge on any atom is 0.152 e. The third-order valence-electron chi connectivity index (χ3n) is 11.0. The van der Waals surface area contributed by atoms with Crippen LogP contribution in [0.5, 0.6) is 0 Å². The van der Waals surface area contributed by atoms with Crippen molar-refractivity contribution in [1.82, 2.24) is 4.57 Å². The topological polar surface area (TPSA) is 41.1 Å². The molecule has 1 aromatic heterocycles. The van der Waals surface area contributed by atoms with Crippen molar-refractivity contribution < 1.29 is 0 Å². The van der Waals surface area contributed by atoms with Crippen LogP contribution in [0.25, 0.3) is 82.1 Å². The zero-order valence-electron chi connectivity index (χ0n) is 30.1. The second-order valence-corrected chi connectivity index (χ2v) is 14.1. The van der Waals surface area contributed by atoms with Crippen molar-refractivity contribution in [3.63, 3.8) is 0 Å². The van der Waals surface area contributed by atoms with Gasteiger partial charge in [0, 0.05) is 33.3 Å². The Morgan fingerprint density at radius 3 is 2.06 bits per heavy atom. The first kappa shape index (κ1) is 31.9. The molecule has 0 bridgehead atoms. The first-order chi connectivity index (χ1) is 26.7. The molecule has 8 aromatic rings. The number of allylic oxidation sites excluding steroid dienone is 4. The average molecular weight is 692 g/mol. The summed E-state index contributed by atoms with van der Waals surface area (Å²) in [4.78, 5) is 4.83. The average Bonchev–Trinajstić information content (AvgIpc) is 3.69. The second-order valence-electron chi connectivity index (χ2n) is 14.1. The fourth-order valence-corrected chi connectivity index (χ4v) is 8.66. The van der Waals surface area contributed by atoms with Crippen LogP contribution in [-0.2, 0) is 6.42 Å². The molecule has 1 N–H and O–H groups in total. The normalized spacial score (nSPS) is 12.7. The molecule has 0 aliphatic heterocycles. The summed E-state index contributed by atoms with van der Waals surface area (Å²) in [6.45, 7) is 2.00. The zero-order valence-corrected chi connectivity index (χ0v) is 30.1. The van der Waals surface area contributed by atoms with Crippen molar-refractivity contribution in [2.75, 3.05) is 0 Å². The van der Waals surface area contributed by atoms with Gasteiger partial charge in [0.2, 0.25) is 0 Å². The van der Waals surface area contributed by atoms with Gasteiger partial charge in [0.1, 0.15) is 0 Å². The van der Waals surface area contributed by atoms with Crippen LogP contribution < -0.4 is 0 Å². The standard InChI is InChI=1S/C51H37N3/c1-2-3-6-19-37(27-23-33-14-7-4-8-15-33)53-51(52)36-24-28-38(29-25-36)54-43-31-26-35-18-13-22-42-45(34-16-9-5-10-17-34)47-40-21-12-11-20-39(40)41-30-32-44(54)50(48(41)47)49(43)46(35)42/h2-22,24-26,28-32,52H,23,27H2,1H3/b3-2-,19-6+,52-51?,53-37?. The van der Waals surface area contributed by atoms with E-state index < -0.39 is 0 Å². The molecule has 3 nitrogen and oxygen atoms in total. The number of nitrogens with zero attached hydrogens (tertiary/aromatic N) is 2. The monoisotopic (exact) mass is 691 g/mol. The molecule has 0 radical (unpaired) electrons. The predicted octanol–water partition coefficient (Wildman–Crippen LogP) is 13.4. The van der Waals surface area contributed by atoms with Crippen molar-refractivity contribution in [1.29, 1.82) is 5.41 Å². The van der Waals surface area contributed by atoms with Gasteiger partial charge in [-0.25, -0.2) is 4.99 Å². The third kappa shape index (κ3) is 5.04. The Morgan fingerprint density at radius 2 is 1.26 bits per heavy atom. The van der Waals surface area contributed by atoms with E-state index in [0.717, 1.165) is 29.8 Å². The van der Waals surface area contributed by atoms with Crippen LogP contribution in [-0.4, -0.2) is 16.1 Å². The van der Waals surface area contributed by atoms with Gasteiger partial charge in [-0.1, -0.05) is 133 Å². The minimum atomic E-state index is 0.265. The Morgan fingerprint density at radius 1 is 0.574 bits per heavy atom. The number of amidine groups is 1. The number of nitrogens with one attached hydrogen (secondary N) is 1. The Labute approximate surface area is 314 Å². The van der Waals surface area contributed by atoms with E-state index in [1.54, 1.807) is 0 Å². The summed E-state index contributed by atoms with van der Waals surface area (Å²) < 4.78 is 2.41. The van der Waals surface area contributed by atoms with Gasteiger partial charge in [-0.3, -0.25) is 5.41 Å². The number of fused-ring (bicyclic) bond motifs is 3. The highest BCUT2D eigenvalue weighted by Crippen LogP contribution is 2.55. The van der Waals surface area contributed by atoms with Gasteiger partial charge in [-0.05, 0) is 117 Å². The molecule has 0 saturated heterocycles. The van der Waals surface area contributed by atoms with E-state index in [-0.39, 0.29) is 5.84 Å². The van der Waals surface area contributed by atoms with Gasteiger partial charge in [0.15, 0.2) is 5.84 Å². The number of aryl methyl sites for hydroxylation is 1. The molecule has 0 atom stereocenters. The van der Waals surface area contributed by atoms with Crippen molar-refractivity contribution in [2.24, 2.45) is 4.99 Å². The number of benzene rings is 7. The zero-order chi connectivity index (χ0) is 36.2. The van der Waals surface area contributed by atoms with Crippen LogP contribution in [0.4, 0.5) is 0 Å². The molecule has 1 heterocycles. The van der Waals surface area contributed by atoms with Crippen LogP contribution in [0.2, 0.25) is 0 Å². The SMILES string of the molecule is C/C=C\C=C\C(CCc1ccccc1)=NC(=N)c1ccc(-n2c3ccc4c5c3c3c6c(cccc6c(-c6ccccc6)c-5c5ccccc54)ccc32)cc1. The number of rotatable bonds is 8. The van der Waals surface area contributed by atoms with E-state index in [2.05, 4.69) is 138 Å². The van der Waals surface area contributed by atoms with Gasteiger partial charge in [0.25, 0.3) is 0 Å². The Hall–Kier alpha value is -6.84. The minimum Gasteiger partial charge on any atom is -0.309 e. The van der Waals surface area contributed by atoms with E-state index in [1.807, 2.05) is 49.4 Å². The molecular weight excluding hydrogens is 655 g/mol. The Balaban J connectivity index is 1.15. The maximum absolute atomic E-state index is 9.04. The van der Waals surface area contributed by atoms with Crippen LogP contribution in [0.15, 0.2) is 181 Å². The van der Waals surface area contributed by atoms with Gasteiger partial charge in [0.05, 0.1) is 11.0 Å². The molecule has 2 aliphatic rings. The Bertz CT molecular complexity index is 3030. The summed E-state index contributed by atoms with van der Waals surface area (Å²) in [6, 6.07) is 54.6. The van der Waals surface area contributed by atoms with Crippen molar-refractivity contribution >= 4 is 65.7 Å². The van der Waals surface area contributed by atoms with Gasteiger partial charge >= 0.3 is 0 Å². The van der Waals surface area contributed by atoms with Gasteiger partial charge in [-0.15, -0.1) is 0 Å². The minimum absolute atomic E-state index is 0.265. The first-order valence-corrected chi connectivity index (χ1v) is 18.7. The molecule has 0 amide bonds. The van der Waals surface area contributed by atoms with Gasteiger partial charge in [-0.2, -0.15) is 0 Å². The lowest BCUT2D eigenvalue weighted by Crippen LogP contribution is -2.04. The summed E-state index contributed by atoms with van der Waals surface area (Å²) in [7, 11) is 0. The summed E-state index contributed by atoms with van der Waals surface area (Å²) in [5.74, 6) is 0.265. The molecule has 0 unspecified atom stereocenters. The molecule has 0 fully saturated rings. The van der Waals surface area contributed by atoms with E-state index in [9.17, 15) is 0 Å². The lowest BCUT2D eigenvalue weighted by Gasteiger charge is -2.13. The highest BCUT2D eigenvalue weighted by atomic mass is 15.0. The molecule has 3 heteroatoms. The molecule has 0 saturated carbocycles. The van der Waals surface area contributed by atoms with E-state index in [1.165, 1.54) is 81.9 Å². The highest BCUT2D eigenvalue weighted by Gasteiger charge is 2.29. The molecule has 2 aliphatic carbocycles. The van der Waals surface area contributed by atoms with Crippen LogP contribution in [0.1, 0.15) is 24.5 Å². The van der Waals surface area contributed by atoms with Gasteiger partial charge < -0.3 is 4.57 Å².